The van der Waals surface area contributed by atoms with Gasteiger partial charge in [-0.2, -0.15) is 0 Å². The molecule has 1 saturated heterocycles. The zero-order valence-corrected chi connectivity index (χ0v) is 12.1. The highest BCUT2D eigenvalue weighted by Crippen LogP contribution is 2.17. The zero-order valence-electron chi connectivity index (χ0n) is 12.1. The highest BCUT2D eigenvalue weighted by atomic mass is 15.3. The number of H-pyrrole nitrogens is 1. The van der Waals surface area contributed by atoms with E-state index in [4.69, 9.17) is 5.73 Å². The van der Waals surface area contributed by atoms with Gasteiger partial charge in [-0.05, 0) is 32.3 Å². The van der Waals surface area contributed by atoms with Gasteiger partial charge in [-0.1, -0.05) is 0 Å². The SMILES string of the molecule is CN1CCN(C)C(CNc2nc3ccc(N)cc3[nH]2)C1. The first-order valence-corrected chi connectivity index (χ1v) is 7.00. The summed E-state index contributed by atoms with van der Waals surface area (Å²) in [6.45, 7) is 4.21. The van der Waals surface area contributed by atoms with Gasteiger partial charge in [-0.3, -0.25) is 4.90 Å². The van der Waals surface area contributed by atoms with Gasteiger partial charge in [0.05, 0.1) is 11.0 Å². The van der Waals surface area contributed by atoms with Gasteiger partial charge in [0.1, 0.15) is 0 Å². The summed E-state index contributed by atoms with van der Waals surface area (Å²) < 4.78 is 0. The Morgan fingerprint density at radius 2 is 2.25 bits per heavy atom. The lowest BCUT2D eigenvalue weighted by atomic mass is 10.2. The van der Waals surface area contributed by atoms with Crippen LogP contribution in [0.4, 0.5) is 11.6 Å². The van der Waals surface area contributed by atoms with E-state index in [1.165, 1.54) is 0 Å². The molecule has 1 aliphatic heterocycles. The molecular weight excluding hydrogens is 252 g/mol. The lowest BCUT2D eigenvalue weighted by Crippen LogP contribution is -2.52. The van der Waals surface area contributed by atoms with Crippen LogP contribution in [0.3, 0.4) is 0 Å². The van der Waals surface area contributed by atoms with Crippen molar-refractivity contribution >= 4 is 22.7 Å². The first-order chi connectivity index (χ1) is 9.61. The Morgan fingerprint density at radius 3 is 3.10 bits per heavy atom. The molecule has 3 rings (SSSR count). The van der Waals surface area contributed by atoms with Crippen molar-refractivity contribution in [3.63, 3.8) is 0 Å². The Hall–Kier alpha value is -1.79. The van der Waals surface area contributed by atoms with Crippen LogP contribution in [0, 0.1) is 0 Å². The summed E-state index contributed by atoms with van der Waals surface area (Å²) in [5.41, 5.74) is 8.44. The molecule has 108 valence electrons. The van der Waals surface area contributed by atoms with E-state index in [0.717, 1.165) is 48.8 Å². The van der Waals surface area contributed by atoms with E-state index < -0.39 is 0 Å². The van der Waals surface area contributed by atoms with E-state index in [2.05, 4.69) is 39.2 Å². The van der Waals surface area contributed by atoms with Crippen molar-refractivity contribution in [1.29, 1.82) is 0 Å². The molecule has 0 bridgehead atoms. The minimum Gasteiger partial charge on any atom is -0.399 e. The van der Waals surface area contributed by atoms with Gasteiger partial charge in [0.15, 0.2) is 0 Å². The summed E-state index contributed by atoms with van der Waals surface area (Å²) in [5.74, 6) is 0.812. The van der Waals surface area contributed by atoms with Gasteiger partial charge in [0.2, 0.25) is 5.95 Å². The highest BCUT2D eigenvalue weighted by Gasteiger charge is 2.21. The van der Waals surface area contributed by atoms with Crippen molar-refractivity contribution in [1.82, 2.24) is 19.8 Å². The molecule has 1 unspecified atom stereocenters. The van der Waals surface area contributed by atoms with Crippen LogP contribution in [-0.2, 0) is 0 Å². The second-order valence-corrected chi connectivity index (χ2v) is 5.64. The molecule has 4 N–H and O–H groups in total. The summed E-state index contributed by atoms with van der Waals surface area (Å²) in [6.07, 6.45) is 0. The Balaban J connectivity index is 1.67. The number of nitrogens with zero attached hydrogens (tertiary/aromatic N) is 3. The number of hydrogen-bond acceptors (Lipinski definition) is 5. The van der Waals surface area contributed by atoms with Crippen molar-refractivity contribution in [3.8, 4) is 0 Å². The monoisotopic (exact) mass is 274 g/mol. The van der Waals surface area contributed by atoms with E-state index in [-0.39, 0.29) is 0 Å². The van der Waals surface area contributed by atoms with Crippen LogP contribution in [-0.4, -0.2) is 66.1 Å². The molecule has 0 spiro atoms. The Bertz CT molecular complexity index is 592. The van der Waals surface area contributed by atoms with E-state index in [0.29, 0.717) is 6.04 Å². The van der Waals surface area contributed by atoms with E-state index in [1.807, 2.05) is 18.2 Å². The summed E-state index contributed by atoms with van der Waals surface area (Å²) >= 11 is 0. The van der Waals surface area contributed by atoms with Crippen LogP contribution in [0.1, 0.15) is 0 Å². The predicted octanol–water partition coefficient (Wildman–Crippen LogP) is 0.803. The lowest BCUT2D eigenvalue weighted by molar-refractivity contribution is 0.121. The maximum Gasteiger partial charge on any atom is 0.201 e. The molecule has 0 amide bonds. The molecule has 1 atom stereocenters. The van der Waals surface area contributed by atoms with E-state index in [9.17, 15) is 0 Å². The Kier molecular flexibility index (Phi) is 3.50. The molecule has 0 radical (unpaired) electrons. The number of aromatic amines is 1. The third-order valence-electron chi connectivity index (χ3n) is 3.99. The van der Waals surface area contributed by atoms with Crippen molar-refractivity contribution in [3.05, 3.63) is 18.2 Å². The number of imidazole rings is 1. The molecule has 2 aromatic rings. The zero-order chi connectivity index (χ0) is 14.1. The number of nitrogen functional groups attached to an aromatic ring is 1. The topological polar surface area (TPSA) is 73.2 Å². The van der Waals surface area contributed by atoms with Gasteiger partial charge < -0.3 is 20.9 Å². The first-order valence-electron chi connectivity index (χ1n) is 7.00. The van der Waals surface area contributed by atoms with Crippen LogP contribution < -0.4 is 11.1 Å². The molecule has 0 aliphatic carbocycles. The number of nitrogens with two attached hydrogens (primary N) is 1. The number of rotatable bonds is 3. The molecule has 6 heteroatoms. The van der Waals surface area contributed by atoms with E-state index >= 15 is 0 Å². The van der Waals surface area contributed by atoms with Crippen LogP contribution in [0.25, 0.3) is 11.0 Å². The molecular formula is C14H22N6. The van der Waals surface area contributed by atoms with Crippen LogP contribution in [0.2, 0.25) is 0 Å². The number of hydrogen-bond donors (Lipinski definition) is 3. The molecule has 1 fully saturated rings. The maximum absolute atomic E-state index is 5.78. The fourth-order valence-electron chi connectivity index (χ4n) is 2.65. The van der Waals surface area contributed by atoms with Crippen molar-refractivity contribution in [2.75, 3.05) is 51.3 Å². The normalized spacial score (nSPS) is 21.4. The number of nitrogens with one attached hydrogen (secondary N) is 2. The Morgan fingerprint density at radius 1 is 1.40 bits per heavy atom. The molecule has 1 aromatic heterocycles. The minimum atomic E-state index is 0.507. The second kappa shape index (κ2) is 5.30. The molecule has 20 heavy (non-hydrogen) atoms. The van der Waals surface area contributed by atoms with Crippen LogP contribution in [0.5, 0.6) is 0 Å². The minimum absolute atomic E-state index is 0.507. The number of benzene rings is 1. The number of aromatic nitrogens is 2. The number of likely N-dealkylation sites (N-methyl/N-ethyl adjacent to an activating group) is 2. The molecule has 1 aromatic carbocycles. The molecule has 0 saturated carbocycles. The standard InChI is InChI=1S/C14H22N6/c1-19-5-6-20(2)11(9-19)8-16-14-17-12-4-3-10(15)7-13(12)18-14/h3-4,7,11H,5-6,8-9,15H2,1-2H3,(H2,16,17,18). The van der Waals surface area contributed by atoms with Gasteiger partial charge >= 0.3 is 0 Å². The van der Waals surface area contributed by atoms with Gasteiger partial charge in [-0.25, -0.2) is 4.98 Å². The highest BCUT2D eigenvalue weighted by molar-refractivity contribution is 5.80. The number of piperazine rings is 1. The van der Waals surface area contributed by atoms with Crippen molar-refractivity contribution in [2.24, 2.45) is 0 Å². The van der Waals surface area contributed by atoms with Gasteiger partial charge in [-0.15, -0.1) is 0 Å². The first kappa shape index (κ1) is 13.2. The molecule has 6 nitrogen and oxygen atoms in total. The van der Waals surface area contributed by atoms with E-state index in [1.54, 1.807) is 0 Å². The average Bonchev–Trinajstić information content (AvgIpc) is 2.81. The largest absolute Gasteiger partial charge is 0.399 e. The summed E-state index contributed by atoms with van der Waals surface area (Å²) in [5, 5.41) is 3.40. The smallest absolute Gasteiger partial charge is 0.201 e. The lowest BCUT2D eigenvalue weighted by Gasteiger charge is -2.37. The van der Waals surface area contributed by atoms with Gasteiger partial charge in [0.25, 0.3) is 0 Å². The fraction of sp³-hybridized carbons (Fsp3) is 0.500. The van der Waals surface area contributed by atoms with Crippen LogP contribution in [0.15, 0.2) is 18.2 Å². The van der Waals surface area contributed by atoms with Crippen molar-refractivity contribution < 1.29 is 0 Å². The molecule has 1 aliphatic rings. The maximum atomic E-state index is 5.78. The quantitative estimate of drug-likeness (QED) is 0.722. The average molecular weight is 274 g/mol. The second-order valence-electron chi connectivity index (χ2n) is 5.64. The van der Waals surface area contributed by atoms with Crippen molar-refractivity contribution in [2.45, 2.75) is 6.04 Å². The predicted molar refractivity (Wildman–Crippen MR) is 82.9 cm³/mol. The van der Waals surface area contributed by atoms with Gasteiger partial charge in [0, 0.05) is 37.9 Å². The summed E-state index contributed by atoms with van der Waals surface area (Å²) in [6, 6.07) is 6.23. The Labute approximate surface area is 119 Å². The summed E-state index contributed by atoms with van der Waals surface area (Å²) in [4.78, 5) is 12.6. The number of anilines is 2. The fourth-order valence-corrected chi connectivity index (χ4v) is 2.65. The third kappa shape index (κ3) is 2.71. The third-order valence-corrected chi connectivity index (χ3v) is 3.99. The summed E-state index contributed by atoms with van der Waals surface area (Å²) in [7, 11) is 4.35. The number of fused-ring (bicyclic) bond motifs is 1. The molecule has 2 heterocycles. The van der Waals surface area contributed by atoms with Crippen LogP contribution >= 0.6 is 0 Å².